The number of hydrogen-bond donors (Lipinski definition) is 2. The van der Waals surface area contributed by atoms with Crippen LogP contribution in [0.4, 0.5) is 0 Å². The predicted molar refractivity (Wildman–Crippen MR) is 92.6 cm³/mol. The summed E-state index contributed by atoms with van der Waals surface area (Å²) >= 11 is 0. The largest absolute Gasteiger partial charge is 0.358 e. The molecule has 0 aliphatic heterocycles. The van der Waals surface area contributed by atoms with Crippen molar-refractivity contribution < 1.29 is 9.59 Å². The average molecular weight is 315 g/mol. The van der Waals surface area contributed by atoms with E-state index >= 15 is 0 Å². The van der Waals surface area contributed by atoms with E-state index in [0.29, 0.717) is 18.7 Å². The quantitative estimate of drug-likeness (QED) is 0.891. The molecule has 2 amide bonds. The first kappa shape index (κ1) is 17.1. The van der Waals surface area contributed by atoms with Crippen molar-refractivity contribution in [2.24, 2.45) is 5.92 Å². The number of aromatic amines is 1. The Morgan fingerprint density at radius 3 is 2.61 bits per heavy atom. The number of rotatable bonds is 5. The van der Waals surface area contributed by atoms with Gasteiger partial charge in [-0.25, -0.2) is 0 Å². The highest BCUT2D eigenvalue weighted by Gasteiger charge is 2.14. The van der Waals surface area contributed by atoms with Crippen molar-refractivity contribution in [3.63, 3.8) is 0 Å². The molecule has 5 heteroatoms. The highest BCUT2D eigenvalue weighted by atomic mass is 16.2. The third-order valence-corrected chi connectivity index (χ3v) is 4.17. The molecule has 0 aliphatic carbocycles. The highest BCUT2D eigenvalue weighted by molar-refractivity contribution is 5.99. The number of fused-ring (bicyclic) bond motifs is 1. The van der Waals surface area contributed by atoms with E-state index in [1.54, 1.807) is 11.9 Å². The summed E-state index contributed by atoms with van der Waals surface area (Å²) in [6, 6.07) is 5.71. The van der Waals surface area contributed by atoms with Crippen LogP contribution >= 0.6 is 0 Å². The number of aryl methyl sites for hydroxylation is 2. The number of carbonyl (C=O) groups is 2. The maximum atomic E-state index is 12.5. The summed E-state index contributed by atoms with van der Waals surface area (Å²) in [6.07, 6.45) is 0. The molecule has 1 heterocycles. The number of carbonyl (C=O) groups excluding carboxylic acids is 2. The lowest BCUT2D eigenvalue weighted by Gasteiger charge is -2.18. The van der Waals surface area contributed by atoms with Crippen molar-refractivity contribution in [3.05, 3.63) is 35.0 Å². The molecule has 124 valence electrons. The van der Waals surface area contributed by atoms with Crippen LogP contribution in [0, 0.1) is 19.8 Å². The molecule has 2 rings (SSSR count). The van der Waals surface area contributed by atoms with Crippen molar-refractivity contribution in [2.75, 3.05) is 20.1 Å². The molecule has 1 aromatic heterocycles. The summed E-state index contributed by atoms with van der Waals surface area (Å²) < 4.78 is 0. The van der Waals surface area contributed by atoms with Gasteiger partial charge in [0.1, 0.15) is 0 Å². The molecule has 0 unspecified atom stereocenters. The molecule has 0 fully saturated rings. The second-order valence-corrected chi connectivity index (χ2v) is 6.31. The summed E-state index contributed by atoms with van der Waals surface area (Å²) in [5.74, 6) is -0.0761. The van der Waals surface area contributed by atoms with Crippen LogP contribution in [0.25, 0.3) is 10.9 Å². The van der Waals surface area contributed by atoms with Crippen LogP contribution in [0.5, 0.6) is 0 Å². The number of hydrogen-bond acceptors (Lipinski definition) is 2. The number of H-pyrrole nitrogens is 1. The van der Waals surface area contributed by atoms with Gasteiger partial charge >= 0.3 is 0 Å². The molecule has 0 bridgehead atoms. The lowest BCUT2D eigenvalue weighted by atomic mass is 10.1. The van der Waals surface area contributed by atoms with Gasteiger partial charge in [0.05, 0.1) is 0 Å². The van der Waals surface area contributed by atoms with Crippen molar-refractivity contribution in [1.29, 1.82) is 0 Å². The van der Waals surface area contributed by atoms with Gasteiger partial charge in [-0.05, 0) is 37.6 Å². The Hall–Kier alpha value is -2.30. The zero-order chi connectivity index (χ0) is 17.1. The van der Waals surface area contributed by atoms with E-state index in [2.05, 4.69) is 10.3 Å². The molecule has 0 aliphatic rings. The van der Waals surface area contributed by atoms with Crippen molar-refractivity contribution in [3.8, 4) is 0 Å². The molecule has 2 N–H and O–H groups in total. The van der Waals surface area contributed by atoms with E-state index < -0.39 is 0 Å². The standard InChI is InChI=1S/C18H25N3O2/c1-11(2)17(22)19-8-9-21(5)18(23)14-6-7-16-15(10-14)12(3)13(4)20-16/h6-7,10-11,20H,8-9H2,1-5H3,(H,19,22). The summed E-state index contributed by atoms with van der Waals surface area (Å²) in [5, 5.41) is 3.90. The number of nitrogens with zero attached hydrogens (tertiary/aromatic N) is 1. The molecule has 0 saturated carbocycles. The van der Waals surface area contributed by atoms with Gasteiger partial charge in [0.25, 0.3) is 5.91 Å². The fourth-order valence-corrected chi connectivity index (χ4v) is 2.47. The maximum Gasteiger partial charge on any atom is 0.253 e. The number of benzene rings is 1. The van der Waals surface area contributed by atoms with Gasteiger partial charge in [-0.15, -0.1) is 0 Å². The minimum Gasteiger partial charge on any atom is -0.358 e. The molecule has 1 aromatic carbocycles. The maximum absolute atomic E-state index is 12.5. The minimum absolute atomic E-state index is 0.00527. The van der Waals surface area contributed by atoms with E-state index in [0.717, 1.165) is 16.6 Å². The third-order valence-electron chi connectivity index (χ3n) is 4.17. The fraction of sp³-hybridized carbons (Fsp3) is 0.444. The Morgan fingerprint density at radius 2 is 1.96 bits per heavy atom. The molecular weight excluding hydrogens is 290 g/mol. The van der Waals surface area contributed by atoms with Crippen LogP contribution in [-0.2, 0) is 4.79 Å². The van der Waals surface area contributed by atoms with Gasteiger partial charge in [-0.3, -0.25) is 9.59 Å². The topological polar surface area (TPSA) is 65.2 Å². The van der Waals surface area contributed by atoms with Crippen molar-refractivity contribution in [2.45, 2.75) is 27.7 Å². The molecule has 23 heavy (non-hydrogen) atoms. The van der Waals surface area contributed by atoms with E-state index in [4.69, 9.17) is 0 Å². The average Bonchev–Trinajstić information content (AvgIpc) is 2.80. The van der Waals surface area contributed by atoms with Crippen LogP contribution in [0.2, 0.25) is 0 Å². The third kappa shape index (κ3) is 3.73. The number of likely N-dealkylation sites (N-methyl/N-ethyl adjacent to an activating group) is 1. The van der Waals surface area contributed by atoms with Crippen molar-refractivity contribution >= 4 is 22.7 Å². The predicted octanol–water partition coefficient (Wildman–Crippen LogP) is 2.63. The normalized spacial score (nSPS) is 11.0. The lowest BCUT2D eigenvalue weighted by molar-refractivity contribution is -0.124. The molecule has 0 atom stereocenters. The second kappa shape index (κ2) is 6.86. The Kier molecular flexibility index (Phi) is 5.08. The SMILES string of the molecule is Cc1[nH]c2ccc(C(=O)N(C)CCNC(=O)C(C)C)cc2c1C. The summed E-state index contributed by atoms with van der Waals surface area (Å²) in [7, 11) is 1.75. The van der Waals surface area contributed by atoms with Gasteiger partial charge in [-0.2, -0.15) is 0 Å². The van der Waals surface area contributed by atoms with Crippen LogP contribution in [-0.4, -0.2) is 41.8 Å². The van der Waals surface area contributed by atoms with Gasteiger partial charge in [0, 0.05) is 48.2 Å². The van der Waals surface area contributed by atoms with Crippen LogP contribution < -0.4 is 5.32 Å². The minimum atomic E-state index is -0.0433. The Labute approximate surface area is 137 Å². The zero-order valence-corrected chi connectivity index (χ0v) is 14.5. The fourth-order valence-electron chi connectivity index (χ4n) is 2.47. The first-order valence-electron chi connectivity index (χ1n) is 7.93. The Balaban J connectivity index is 2.04. The van der Waals surface area contributed by atoms with Gasteiger partial charge in [0.15, 0.2) is 0 Å². The van der Waals surface area contributed by atoms with Crippen molar-refractivity contribution in [1.82, 2.24) is 15.2 Å². The zero-order valence-electron chi connectivity index (χ0n) is 14.5. The summed E-state index contributed by atoms with van der Waals surface area (Å²) in [4.78, 5) is 29.0. The number of nitrogens with one attached hydrogen (secondary N) is 2. The van der Waals surface area contributed by atoms with Gasteiger partial charge in [0.2, 0.25) is 5.91 Å². The summed E-state index contributed by atoms with van der Waals surface area (Å²) in [6.45, 7) is 8.72. The first-order chi connectivity index (χ1) is 10.8. The molecule has 0 saturated heterocycles. The Morgan fingerprint density at radius 1 is 1.26 bits per heavy atom. The van der Waals surface area contributed by atoms with E-state index in [9.17, 15) is 9.59 Å². The molecule has 5 nitrogen and oxygen atoms in total. The van der Waals surface area contributed by atoms with E-state index in [1.165, 1.54) is 5.56 Å². The smallest absolute Gasteiger partial charge is 0.253 e. The molecule has 0 radical (unpaired) electrons. The summed E-state index contributed by atoms with van der Waals surface area (Å²) in [5.41, 5.74) is 4.00. The first-order valence-corrected chi connectivity index (χ1v) is 7.93. The second-order valence-electron chi connectivity index (χ2n) is 6.31. The lowest BCUT2D eigenvalue weighted by Crippen LogP contribution is -2.37. The van der Waals surface area contributed by atoms with E-state index in [1.807, 2.05) is 45.9 Å². The van der Waals surface area contributed by atoms with Crippen LogP contribution in [0.3, 0.4) is 0 Å². The van der Waals surface area contributed by atoms with E-state index in [-0.39, 0.29) is 17.7 Å². The molecule has 0 spiro atoms. The number of aromatic nitrogens is 1. The highest BCUT2D eigenvalue weighted by Crippen LogP contribution is 2.22. The van der Waals surface area contributed by atoms with Crippen LogP contribution in [0.1, 0.15) is 35.5 Å². The molecule has 2 aromatic rings. The van der Waals surface area contributed by atoms with Gasteiger partial charge < -0.3 is 15.2 Å². The molecular formula is C18H25N3O2. The number of amides is 2. The Bertz CT molecular complexity index is 731. The monoisotopic (exact) mass is 315 g/mol. The van der Waals surface area contributed by atoms with Gasteiger partial charge in [-0.1, -0.05) is 13.8 Å². The van der Waals surface area contributed by atoms with Crippen LogP contribution in [0.15, 0.2) is 18.2 Å².